The van der Waals surface area contributed by atoms with Crippen molar-refractivity contribution in [2.24, 2.45) is 17.1 Å². The summed E-state index contributed by atoms with van der Waals surface area (Å²) in [6.07, 6.45) is 9.62. The first kappa shape index (κ1) is 26.4. The van der Waals surface area contributed by atoms with Gasteiger partial charge in [-0.05, 0) is 93.1 Å². The molecule has 6 heteroatoms. The molecule has 2 aromatic carbocycles. The predicted octanol–water partition coefficient (Wildman–Crippen LogP) is 6.33. The van der Waals surface area contributed by atoms with Crippen molar-refractivity contribution in [2.75, 3.05) is 27.7 Å². The number of fused-ring (bicyclic) bond motifs is 8. The monoisotopic (exact) mass is 564 g/mol. The highest BCUT2D eigenvalue weighted by molar-refractivity contribution is 5.97. The van der Waals surface area contributed by atoms with Crippen LogP contribution in [-0.2, 0) is 11.3 Å². The zero-order valence-electron chi connectivity index (χ0n) is 25.4. The Morgan fingerprint density at radius 3 is 2.60 bits per heavy atom. The van der Waals surface area contributed by atoms with E-state index in [4.69, 9.17) is 10.5 Å². The Kier molecular flexibility index (Phi) is 5.89. The number of likely N-dealkylation sites (N-methyl/N-ethyl adjacent to an activating group) is 1. The Hall–Kier alpha value is -3.25. The number of methoxy groups -OCH3 is 1. The van der Waals surface area contributed by atoms with E-state index in [1.807, 2.05) is 0 Å². The van der Waals surface area contributed by atoms with Gasteiger partial charge in [0.25, 0.3) is 0 Å². The van der Waals surface area contributed by atoms with Crippen LogP contribution in [0.15, 0.2) is 43.0 Å². The topological polar surface area (TPSA) is 63.7 Å². The van der Waals surface area contributed by atoms with Gasteiger partial charge >= 0.3 is 0 Å². The maximum atomic E-state index is 14.9. The number of hydrogen-bond donors (Lipinski definition) is 1. The van der Waals surface area contributed by atoms with Crippen LogP contribution in [0.2, 0.25) is 0 Å². The maximum Gasteiger partial charge on any atom is 0.231 e. The molecule has 0 bridgehead atoms. The van der Waals surface area contributed by atoms with Gasteiger partial charge in [-0.1, -0.05) is 38.0 Å². The number of likely N-dealkylation sites (tertiary alicyclic amines) is 1. The second-order valence-corrected chi connectivity index (χ2v) is 14.2. The van der Waals surface area contributed by atoms with Gasteiger partial charge in [-0.3, -0.25) is 4.79 Å². The average molecular weight is 565 g/mol. The summed E-state index contributed by atoms with van der Waals surface area (Å²) >= 11 is 0. The molecule has 1 saturated heterocycles. The van der Waals surface area contributed by atoms with Crippen LogP contribution in [0.25, 0.3) is 27.9 Å². The number of carbonyl (C=O) groups is 1. The van der Waals surface area contributed by atoms with E-state index >= 15 is 0 Å². The lowest BCUT2D eigenvalue weighted by molar-refractivity contribution is -0.177. The number of amides is 1. The molecule has 42 heavy (non-hydrogen) atoms. The normalized spacial score (nSPS) is 29.5. The lowest BCUT2D eigenvalue weighted by atomic mass is 9.64. The number of hydrogen-bond acceptors (Lipinski definition) is 4. The van der Waals surface area contributed by atoms with Crippen molar-refractivity contribution in [1.82, 2.24) is 14.4 Å². The zero-order valence-corrected chi connectivity index (χ0v) is 25.4. The molecule has 3 heterocycles. The maximum absolute atomic E-state index is 14.9. The smallest absolute Gasteiger partial charge is 0.231 e. The third-order valence-corrected chi connectivity index (χ3v) is 11.6. The summed E-state index contributed by atoms with van der Waals surface area (Å²) in [6, 6.07) is 14.0. The van der Waals surface area contributed by atoms with Crippen LogP contribution in [0, 0.1) is 11.3 Å². The van der Waals surface area contributed by atoms with E-state index in [2.05, 4.69) is 71.4 Å². The molecule has 0 radical (unpaired) electrons. The molecule has 1 aromatic heterocycles. The molecule has 6 nitrogen and oxygen atoms in total. The van der Waals surface area contributed by atoms with Gasteiger partial charge in [-0.15, -0.1) is 0 Å². The number of carbonyl (C=O) groups excluding carboxylic acids is 1. The van der Waals surface area contributed by atoms with Gasteiger partial charge < -0.3 is 24.8 Å². The minimum absolute atomic E-state index is 0.205. The fourth-order valence-corrected chi connectivity index (χ4v) is 9.29. The third kappa shape index (κ3) is 3.63. The van der Waals surface area contributed by atoms with Gasteiger partial charge in [-0.2, -0.15) is 0 Å². The summed E-state index contributed by atoms with van der Waals surface area (Å²) in [4.78, 5) is 19.5. The zero-order chi connectivity index (χ0) is 28.9. The number of benzene rings is 2. The second-order valence-electron chi connectivity index (χ2n) is 14.2. The van der Waals surface area contributed by atoms with Gasteiger partial charge in [0.2, 0.25) is 5.91 Å². The highest BCUT2D eigenvalue weighted by Gasteiger charge is 2.68. The number of ether oxygens (including phenoxy) is 1. The largest absolute Gasteiger partial charge is 0.497 e. The van der Waals surface area contributed by atoms with E-state index < -0.39 is 5.41 Å². The highest BCUT2D eigenvalue weighted by atomic mass is 16.5. The van der Waals surface area contributed by atoms with Gasteiger partial charge in [0, 0.05) is 59.2 Å². The van der Waals surface area contributed by atoms with Crippen molar-refractivity contribution in [1.29, 1.82) is 0 Å². The average Bonchev–Trinajstić information content (AvgIpc) is 3.64. The third-order valence-electron chi connectivity index (χ3n) is 11.6. The van der Waals surface area contributed by atoms with Crippen molar-refractivity contribution in [3.8, 4) is 17.0 Å². The Morgan fingerprint density at radius 1 is 1.10 bits per heavy atom. The minimum atomic E-state index is -0.428. The first-order valence-corrected chi connectivity index (χ1v) is 16.1. The predicted molar refractivity (Wildman–Crippen MR) is 168 cm³/mol. The van der Waals surface area contributed by atoms with E-state index in [1.165, 1.54) is 71.8 Å². The molecule has 0 spiro atoms. The van der Waals surface area contributed by atoms with Crippen LogP contribution in [0.3, 0.4) is 0 Å². The van der Waals surface area contributed by atoms with Crippen molar-refractivity contribution in [3.05, 3.63) is 59.7 Å². The summed E-state index contributed by atoms with van der Waals surface area (Å²) < 4.78 is 8.30. The number of nitrogens with two attached hydrogens (primary N) is 1. The summed E-state index contributed by atoms with van der Waals surface area (Å²) in [5.41, 5.74) is 14.0. The Balaban J connectivity index is 1.33. The number of piperidine rings is 1. The number of aromatic nitrogens is 1. The Labute approximate surface area is 249 Å². The molecule has 5 aliphatic rings. The summed E-state index contributed by atoms with van der Waals surface area (Å²) in [5, 5.41) is 1.32. The van der Waals surface area contributed by atoms with Crippen molar-refractivity contribution in [2.45, 2.75) is 81.8 Å². The van der Waals surface area contributed by atoms with Crippen LogP contribution >= 0.6 is 0 Å². The molecule has 3 aromatic rings. The van der Waals surface area contributed by atoms with Gasteiger partial charge in [0.1, 0.15) is 5.75 Å². The number of nitrogens with zero attached hydrogens (tertiary/aromatic N) is 3. The second kappa shape index (κ2) is 9.37. The molecule has 2 aliphatic heterocycles. The number of rotatable bonds is 6. The van der Waals surface area contributed by atoms with E-state index in [9.17, 15) is 4.79 Å². The van der Waals surface area contributed by atoms with E-state index in [-0.39, 0.29) is 5.92 Å². The molecule has 2 N–H and O–H groups in total. The van der Waals surface area contributed by atoms with E-state index in [1.54, 1.807) is 7.11 Å². The minimum Gasteiger partial charge on any atom is -0.497 e. The van der Waals surface area contributed by atoms with Crippen LogP contribution in [0.5, 0.6) is 5.75 Å². The fraction of sp³-hybridized carbons (Fsp3) is 0.528. The van der Waals surface area contributed by atoms with E-state index in [0.717, 1.165) is 37.2 Å². The molecule has 3 aliphatic carbocycles. The SMILES string of the molecule is C=C(N)c1ccc2c(C3CCCCC3)c3n(c2c1)CC1(C(=O)N2C4CCC4C2CN(C)C)CC1c1cc(OC)ccc1-3. The Bertz CT molecular complexity index is 1610. The lowest BCUT2D eigenvalue weighted by Gasteiger charge is -2.63. The van der Waals surface area contributed by atoms with Crippen LogP contribution in [0.1, 0.15) is 79.9 Å². The van der Waals surface area contributed by atoms with Crippen molar-refractivity contribution < 1.29 is 9.53 Å². The van der Waals surface area contributed by atoms with Gasteiger partial charge in [0.05, 0.1) is 18.2 Å². The molecule has 5 unspecified atom stereocenters. The highest BCUT2D eigenvalue weighted by Crippen LogP contribution is 2.67. The molecular formula is C36H44N4O2. The molecule has 8 rings (SSSR count). The standard InChI is InChI=1S/C36H44N4O2/c1-21(37)23-10-12-27-31(16-23)39-20-36(35(41)40-30-15-14-26(30)32(40)19-38(2)3)18-29(36)28-17-24(42-4)11-13-25(28)34(39)33(27)22-8-6-5-7-9-22/h10-13,16-17,22,26,29-30,32H,1,5-9,14-15,18-20,37H2,2-4H3. The molecular weight excluding hydrogens is 520 g/mol. The van der Waals surface area contributed by atoms with Gasteiger partial charge in [-0.25, -0.2) is 0 Å². The first-order valence-electron chi connectivity index (χ1n) is 16.1. The molecule has 220 valence electrons. The van der Waals surface area contributed by atoms with Crippen LogP contribution < -0.4 is 10.5 Å². The fourth-order valence-electron chi connectivity index (χ4n) is 9.29. The summed E-state index contributed by atoms with van der Waals surface area (Å²) in [7, 11) is 6.02. The molecule has 3 saturated carbocycles. The van der Waals surface area contributed by atoms with Crippen LogP contribution in [-0.4, -0.2) is 60.1 Å². The summed E-state index contributed by atoms with van der Waals surface area (Å²) in [5.74, 6) is 2.65. The van der Waals surface area contributed by atoms with Crippen LogP contribution in [0.4, 0.5) is 0 Å². The molecule has 4 fully saturated rings. The Morgan fingerprint density at radius 2 is 1.90 bits per heavy atom. The lowest BCUT2D eigenvalue weighted by Crippen LogP contribution is -2.73. The molecule has 1 amide bonds. The molecule has 5 atom stereocenters. The van der Waals surface area contributed by atoms with Gasteiger partial charge in [0.15, 0.2) is 0 Å². The quantitative estimate of drug-likeness (QED) is 0.380. The summed E-state index contributed by atoms with van der Waals surface area (Å²) in [6.45, 7) is 5.73. The van der Waals surface area contributed by atoms with Crippen molar-refractivity contribution in [3.63, 3.8) is 0 Å². The van der Waals surface area contributed by atoms with Crippen molar-refractivity contribution >= 4 is 22.5 Å². The first-order chi connectivity index (χ1) is 20.3. The van der Waals surface area contributed by atoms with E-state index in [0.29, 0.717) is 35.5 Å².